The molecule has 8 nitrogen and oxygen atoms in total. The maximum atomic E-state index is 13.9. The molecule has 36 heavy (non-hydrogen) atoms. The van der Waals surface area contributed by atoms with Crippen molar-refractivity contribution in [3.8, 4) is 17.2 Å². The summed E-state index contributed by atoms with van der Waals surface area (Å²) >= 11 is 0. The average Bonchev–Trinajstić information content (AvgIpc) is 3.62. The van der Waals surface area contributed by atoms with Crippen molar-refractivity contribution in [2.45, 2.75) is 44.7 Å². The second-order valence-corrected chi connectivity index (χ2v) is 8.59. The third kappa shape index (κ3) is 5.48. The smallest absolute Gasteiger partial charge is 0.294 e. The van der Waals surface area contributed by atoms with Crippen LogP contribution in [0.4, 0.5) is 5.69 Å². The van der Waals surface area contributed by atoms with E-state index in [9.17, 15) is 9.59 Å². The number of amides is 2. The van der Waals surface area contributed by atoms with Gasteiger partial charge in [-0.15, -0.1) is 0 Å². The molecule has 0 saturated heterocycles. The van der Waals surface area contributed by atoms with E-state index >= 15 is 0 Å². The summed E-state index contributed by atoms with van der Waals surface area (Å²) in [6.07, 6.45) is 5.41. The fourth-order valence-corrected chi connectivity index (χ4v) is 4.56. The first-order valence-corrected chi connectivity index (χ1v) is 12.2. The summed E-state index contributed by atoms with van der Waals surface area (Å²) < 4.78 is 21.9. The van der Waals surface area contributed by atoms with Crippen LogP contribution in [0.3, 0.4) is 0 Å². The summed E-state index contributed by atoms with van der Waals surface area (Å²) in [6.45, 7) is 2.42. The Morgan fingerprint density at radius 1 is 1.03 bits per heavy atom. The molecular formula is C28H32N2O6. The summed E-state index contributed by atoms with van der Waals surface area (Å²) in [7, 11) is 3.09. The number of benzene rings is 2. The van der Waals surface area contributed by atoms with Gasteiger partial charge in [0.2, 0.25) is 5.91 Å². The lowest BCUT2D eigenvalue weighted by Gasteiger charge is -2.32. The molecule has 2 aromatic carbocycles. The highest BCUT2D eigenvalue weighted by atomic mass is 16.5. The van der Waals surface area contributed by atoms with Gasteiger partial charge in [-0.1, -0.05) is 18.9 Å². The molecule has 1 atom stereocenters. The van der Waals surface area contributed by atoms with Crippen LogP contribution in [0.15, 0.2) is 65.3 Å². The molecule has 1 fully saturated rings. The minimum absolute atomic E-state index is 0.0704. The zero-order valence-electron chi connectivity index (χ0n) is 20.9. The van der Waals surface area contributed by atoms with Crippen molar-refractivity contribution < 1.29 is 28.2 Å². The molecule has 0 bridgehead atoms. The van der Waals surface area contributed by atoms with Crippen LogP contribution in [0.2, 0.25) is 0 Å². The summed E-state index contributed by atoms with van der Waals surface area (Å²) in [5, 5.41) is 3.17. The van der Waals surface area contributed by atoms with Gasteiger partial charge in [-0.25, -0.2) is 0 Å². The Morgan fingerprint density at radius 2 is 1.75 bits per heavy atom. The zero-order valence-corrected chi connectivity index (χ0v) is 20.9. The molecule has 0 spiro atoms. The number of hydrogen-bond acceptors (Lipinski definition) is 6. The van der Waals surface area contributed by atoms with E-state index in [-0.39, 0.29) is 17.7 Å². The largest absolute Gasteiger partial charge is 0.494 e. The molecule has 0 aliphatic heterocycles. The number of ether oxygens (including phenoxy) is 3. The number of methoxy groups -OCH3 is 2. The number of nitrogens with one attached hydrogen (secondary N) is 1. The monoisotopic (exact) mass is 492 g/mol. The van der Waals surface area contributed by atoms with E-state index in [1.54, 1.807) is 61.7 Å². The van der Waals surface area contributed by atoms with Crippen molar-refractivity contribution in [1.82, 2.24) is 5.32 Å². The zero-order chi connectivity index (χ0) is 25.5. The minimum Gasteiger partial charge on any atom is -0.494 e. The van der Waals surface area contributed by atoms with E-state index in [2.05, 4.69) is 5.32 Å². The average molecular weight is 493 g/mol. The van der Waals surface area contributed by atoms with Crippen molar-refractivity contribution >= 4 is 17.5 Å². The SMILES string of the molecule is CCOc1ccc(N(C(=O)c2ccco2)[C@H](C(=O)NC2CCCC2)c2ccc(OC)c(OC)c2)cc1. The molecule has 1 N–H and O–H groups in total. The molecule has 1 heterocycles. The lowest BCUT2D eigenvalue weighted by Crippen LogP contribution is -2.46. The van der Waals surface area contributed by atoms with E-state index < -0.39 is 11.9 Å². The van der Waals surface area contributed by atoms with Crippen LogP contribution in [0.5, 0.6) is 17.2 Å². The number of furan rings is 1. The third-order valence-corrected chi connectivity index (χ3v) is 6.31. The Hall–Kier alpha value is -3.94. The van der Waals surface area contributed by atoms with Crippen LogP contribution < -0.4 is 24.4 Å². The van der Waals surface area contributed by atoms with Gasteiger partial charge < -0.3 is 23.9 Å². The molecular weight excluding hydrogens is 460 g/mol. The molecule has 8 heteroatoms. The molecule has 0 radical (unpaired) electrons. The number of carbonyl (C=O) groups excluding carboxylic acids is 2. The number of rotatable bonds is 10. The van der Waals surface area contributed by atoms with Crippen LogP contribution >= 0.6 is 0 Å². The van der Waals surface area contributed by atoms with Crippen molar-refractivity contribution in [3.63, 3.8) is 0 Å². The normalized spacial score (nSPS) is 14.2. The van der Waals surface area contributed by atoms with E-state index in [1.165, 1.54) is 18.3 Å². The van der Waals surface area contributed by atoms with Gasteiger partial charge in [0.15, 0.2) is 17.3 Å². The third-order valence-electron chi connectivity index (χ3n) is 6.31. The quantitative estimate of drug-likeness (QED) is 0.421. The Balaban J connectivity index is 1.82. The summed E-state index contributed by atoms with van der Waals surface area (Å²) in [5.74, 6) is 1.08. The fraction of sp³-hybridized carbons (Fsp3) is 0.357. The maximum Gasteiger partial charge on any atom is 0.294 e. The molecule has 190 valence electrons. The van der Waals surface area contributed by atoms with E-state index in [0.717, 1.165) is 25.7 Å². The topological polar surface area (TPSA) is 90.2 Å². The van der Waals surface area contributed by atoms with Gasteiger partial charge in [-0.3, -0.25) is 14.5 Å². The highest BCUT2D eigenvalue weighted by molar-refractivity contribution is 6.08. The molecule has 4 rings (SSSR count). The summed E-state index contributed by atoms with van der Waals surface area (Å²) in [6, 6.07) is 14.7. The van der Waals surface area contributed by atoms with E-state index in [0.29, 0.717) is 35.1 Å². The van der Waals surface area contributed by atoms with Crippen LogP contribution in [0.1, 0.15) is 54.8 Å². The van der Waals surface area contributed by atoms with Crippen molar-refractivity contribution in [3.05, 3.63) is 72.2 Å². The van der Waals surface area contributed by atoms with Crippen LogP contribution in [-0.2, 0) is 4.79 Å². The summed E-state index contributed by atoms with van der Waals surface area (Å²) in [5.41, 5.74) is 1.11. The first-order chi connectivity index (χ1) is 17.5. The number of carbonyl (C=O) groups is 2. The second-order valence-electron chi connectivity index (χ2n) is 8.59. The lowest BCUT2D eigenvalue weighted by atomic mass is 10.0. The Labute approximate surface area is 211 Å². The number of nitrogens with zero attached hydrogens (tertiary/aromatic N) is 1. The van der Waals surface area contributed by atoms with Gasteiger partial charge in [-0.05, 0) is 73.9 Å². The second kappa shape index (κ2) is 11.7. The Bertz CT molecular complexity index is 1150. The number of anilines is 1. The standard InChI is InChI=1S/C28H32N2O6/c1-4-35-22-14-12-21(13-15-22)30(28(32)24-10-7-17-36-24)26(27(31)29-20-8-5-6-9-20)19-11-16-23(33-2)25(18-19)34-3/h7,10-18,20,26H,4-6,8-9H2,1-3H3,(H,29,31)/t26-/m0/s1. The minimum atomic E-state index is -0.985. The van der Waals surface area contributed by atoms with Gasteiger partial charge in [0.25, 0.3) is 5.91 Å². The highest BCUT2D eigenvalue weighted by Crippen LogP contribution is 2.36. The predicted octanol–water partition coefficient (Wildman–Crippen LogP) is 5.14. The molecule has 1 aliphatic carbocycles. The number of hydrogen-bond donors (Lipinski definition) is 1. The molecule has 0 unspecified atom stereocenters. The predicted molar refractivity (Wildman–Crippen MR) is 136 cm³/mol. The molecule has 3 aromatic rings. The van der Waals surface area contributed by atoms with Gasteiger partial charge in [-0.2, -0.15) is 0 Å². The lowest BCUT2D eigenvalue weighted by molar-refractivity contribution is -0.123. The molecule has 2 amide bonds. The first kappa shape index (κ1) is 25.2. The van der Waals surface area contributed by atoms with Crippen LogP contribution in [0.25, 0.3) is 0 Å². The maximum absolute atomic E-state index is 13.9. The highest BCUT2D eigenvalue weighted by Gasteiger charge is 2.36. The fourth-order valence-electron chi connectivity index (χ4n) is 4.56. The Morgan fingerprint density at radius 3 is 2.36 bits per heavy atom. The Kier molecular flexibility index (Phi) is 8.15. The summed E-state index contributed by atoms with van der Waals surface area (Å²) in [4.78, 5) is 29.2. The van der Waals surface area contributed by atoms with Gasteiger partial charge in [0, 0.05) is 11.7 Å². The van der Waals surface area contributed by atoms with Gasteiger partial charge in [0.1, 0.15) is 11.8 Å². The van der Waals surface area contributed by atoms with Crippen molar-refractivity contribution in [2.75, 3.05) is 25.7 Å². The van der Waals surface area contributed by atoms with Gasteiger partial charge >= 0.3 is 0 Å². The van der Waals surface area contributed by atoms with E-state index in [4.69, 9.17) is 18.6 Å². The van der Waals surface area contributed by atoms with Crippen molar-refractivity contribution in [2.24, 2.45) is 0 Å². The molecule has 1 aromatic heterocycles. The van der Waals surface area contributed by atoms with Crippen LogP contribution in [-0.4, -0.2) is 38.7 Å². The van der Waals surface area contributed by atoms with E-state index in [1.807, 2.05) is 6.92 Å². The van der Waals surface area contributed by atoms with Gasteiger partial charge in [0.05, 0.1) is 27.1 Å². The molecule has 1 saturated carbocycles. The first-order valence-electron chi connectivity index (χ1n) is 12.2. The van der Waals surface area contributed by atoms with Crippen molar-refractivity contribution in [1.29, 1.82) is 0 Å². The van der Waals surface area contributed by atoms with Crippen LogP contribution in [0, 0.1) is 0 Å². The molecule has 1 aliphatic rings.